The van der Waals surface area contributed by atoms with Gasteiger partial charge in [0.15, 0.2) is 5.17 Å². The van der Waals surface area contributed by atoms with Crippen molar-refractivity contribution >= 4 is 46.2 Å². The number of halogens is 1. The van der Waals surface area contributed by atoms with Crippen molar-refractivity contribution in [2.45, 2.75) is 13.8 Å². The third-order valence-corrected chi connectivity index (χ3v) is 4.98. The Morgan fingerprint density at radius 1 is 1.19 bits per heavy atom. The van der Waals surface area contributed by atoms with Crippen molar-refractivity contribution in [3.05, 3.63) is 64.0 Å². The van der Waals surface area contributed by atoms with Crippen LogP contribution < -0.4 is 4.74 Å². The Kier molecular flexibility index (Phi) is 6.01. The van der Waals surface area contributed by atoms with Crippen LogP contribution >= 0.6 is 23.4 Å². The number of benzene rings is 2. The third kappa shape index (κ3) is 4.29. The van der Waals surface area contributed by atoms with E-state index >= 15 is 0 Å². The number of ether oxygens (including phenoxy) is 1. The molecule has 0 aromatic heterocycles. The van der Waals surface area contributed by atoms with Gasteiger partial charge >= 0.3 is 0 Å². The summed E-state index contributed by atoms with van der Waals surface area (Å²) in [6.45, 7) is 5.05. The molecule has 3 rings (SSSR count). The van der Waals surface area contributed by atoms with Crippen molar-refractivity contribution in [2.75, 3.05) is 13.2 Å². The number of rotatable bonds is 5. The van der Waals surface area contributed by atoms with E-state index in [1.165, 1.54) is 11.8 Å². The maximum Gasteiger partial charge on any atom is 0.266 e. The summed E-state index contributed by atoms with van der Waals surface area (Å²) in [7, 11) is 0. The van der Waals surface area contributed by atoms with Crippen LogP contribution in [0, 0.1) is 0 Å². The predicted octanol–water partition coefficient (Wildman–Crippen LogP) is 5.36. The Bertz CT molecular complexity index is 862. The van der Waals surface area contributed by atoms with Crippen LogP contribution in [0.25, 0.3) is 6.08 Å². The summed E-state index contributed by atoms with van der Waals surface area (Å²) in [5.74, 6) is 0.756. The van der Waals surface area contributed by atoms with Crippen LogP contribution in [0.1, 0.15) is 19.4 Å². The maximum absolute atomic E-state index is 12.7. The summed E-state index contributed by atoms with van der Waals surface area (Å²) >= 11 is 7.30. The quantitative estimate of drug-likeness (QED) is 0.649. The lowest BCUT2D eigenvalue weighted by Gasteiger charge is -2.11. The molecule has 1 amide bonds. The Balaban J connectivity index is 1.89. The Hall–Kier alpha value is -2.24. The minimum Gasteiger partial charge on any atom is -0.494 e. The van der Waals surface area contributed by atoms with E-state index in [9.17, 15) is 4.79 Å². The highest BCUT2D eigenvalue weighted by Crippen LogP contribution is 2.34. The topological polar surface area (TPSA) is 41.9 Å². The molecule has 0 spiro atoms. The zero-order valence-electron chi connectivity index (χ0n) is 14.6. The summed E-state index contributed by atoms with van der Waals surface area (Å²) in [6.07, 6.45) is 1.88. The average Bonchev–Trinajstić information content (AvgIpc) is 2.92. The summed E-state index contributed by atoms with van der Waals surface area (Å²) in [5, 5.41) is 1.33. The number of carbonyl (C=O) groups is 1. The Morgan fingerprint density at radius 3 is 2.65 bits per heavy atom. The first-order chi connectivity index (χ1) is 12.6. The van der Waals surface area contributed by atoms with Gasteiger partial charge in [-0.25, -0.2) is 4.99 Å². The van der Waals surface area contributed by atoms with Gasteiger partial charge in [0.25, 0.3) is 5.91 Å². The first-order valence-electron chi connectivity index (χ1n) is 8.39. The largest absolute Gasteiger partial charge is 0.494 e. The van der Waals surface area contributed by atoms with Gasteiger partial charge in [0, 0.05) is 11.6 Å². The van der Waals surface area contributed by atoms with Gasteiger partial charge in [-0.15, -0.1) is 0 Å². The number of amidine groups is 1. The first kappa shape index (κ1) is 18.5. The van der Waals surface area contributed by atoms with Crippen LogP contribution in [0.3, 0.4) is 0 Å². The van der Waals surface area contributed by atoms with E-state index in [2.05, 4.69) is 4.99 Å². The predicted molar refractivity (Wildman–Crippen MR) is 109 cm³/mol. The molecule has 0 saturated carbocycles. The second kappa shape index (κ2) is 8.43. The van der Waals surface area contributed by atoms with Crippen LogP contribution in [0.5, 0.6) is 5.75 Å². The number of likely N-dealkylation sites (N-methyl/N-ethyl adjacent to an activating group) is 1. The molecule has 1 heterocycles. The van der Waals surface area contributed by atoms with E-state index in [0.717, 1.165) is 17.0 Å². The lowest BCUT2D eigenvalue weighted by molar-refractivity contribution is -0.122. The molecule has 1 fully saturated rings. The van der Waals surface area contributed by atoms with Crippen molar-refractivity contribution in [3.63, 3.8) is 0 Å². The molecule has 1 aliphatic rings. The number of thioether (sulfide) groups is 1. The van der Waals surface area contributed by atoms with E-state index in [1.54, 1.807) is 17.0 Å². The monoisotopic (exact) mass is 386 g/mol. The maximum atomic E-state index is 12.7. The van der Waals surface area contributed by atoms with Crippen molar-refractivity contribution in [1.29, 1.82) is 0 Å². The minimum atomic E-state index is -0.0352. The van der Waals surface area contributed by atoms with Gasteiger partial charge in [-0.05, 0) is 73.6 Å². The summed E-state index contributed by atoms with van der Waals surface area (Å²) in [6, 6.07) is 14.9. The summed E-state index contributed by atoms with van der Waals surface area (Å²) in [5.41, 5.74) is 1.69. The molecule has 0 atom stereocenters. The van der Waals surface area contributed by atoms with E-state index in [0.29, 0.717) is 28.2 Å². The standard InChI is InChI=1S/C20H19ClN2O2S/c1-3-23-19(24)18(13-14-6-5-7-17(12-14)25-4-2)26-20(23)22-16-10-8-15(21)9-11-16/h5-13H,3-4H2,1-2H3/b18-13+,22-20?. The van der Waals surface area contributed by atoms with Crippen LogP contribution in [-0.4, -0.2) is 29.1 Å². The second-order valence-corrected chi connectivity index (χ2v) is 6.98. The van der Waals surface area contributed by atoms with Gasteiger partial charge in [0.2, 0.25) is 0 Å². The highest BCUT2D eigenvalue weighted by atomic mass is 35.5. The molecule has 4 nitrogen and oxygen atoms in total. The zero-order valence-corrected chi connectivity index (χ0v) is 16.2. The molecule has 1 saturated heterocycles. The Morgan fingerprint density at radius 2 is 1.96 bits per heavy atom. The van der Waals surface area contributed by atoms with Gasteiger partial charge in [0.05, 0.1) is 17.2 Å². The fourth-order valence-electron chi connectivity index (χ4n) is 2.51. The number of nitrogens with zero attached hydrogens (tertiary/aromatic N) is 2. The van der Waals surface area contributed by atoms with Crippen molar-refractivity contribution in [3.8, 4) is 5.75 Å². The summed E-state index contributed by atoms with van der Waals surface area (Å²) in [4.78, 5) is 19.6. The van der Waals surface area contributed by atoms with Crippen LogP contribution in [-0.2, 0) is 4.79 Å². The van der Waals surface area contributed by atoms with Crippen molar-refractivity contribution < 1.29 is 9.53 Å². The molecular formula is C20H19ClN2O2S. The lowest BCUT2D eigenvalue weighted by Crippen LogP contribution is -2.28. The SMILES string of the molecule is CCOc1cccc(/C=C2/SC(=Nc3ccc(Cl)cc3)N(CC)C2=O)c1. The van der Waals surface area contributed by atoms with Gasteiger partial charge in [-0.1, -0.05) is 23.7 Å². The summed E-state index contributed by atoms with van der Waals surface area (Å²) < 4.78 is 5.52. The van der Waals surface area contributed by atoms with Gasteiger partial charge in [-0.2, -0.15) is 0 Å². The van der Waals surface area contributed by atoms with Crippen LogP contribution in [0.2, 0.25) is 5.02 Å². The molecule has 26 heavy (non-hydrogen) atoms. The van der Waals surface area contributed by atoms with Gasteiger partial charge < -0.3 is 4.74 Å². The highest BCUT2D eigenvalue weighted by molar-refractivity contribution is 8.18. The number of hydrogen-bond acceptors (Lipinski definition) is 4. The zero-order chi connectivity index (χ0) is 18.5. The molecule has 0 unspecified atom stereocenters. The number of hydrogen-bond donors (Lipinski definition) is 0. The normalized spacial score (nSPS) is 17.3. The highest BCUT2D eigenvalue weighted by Gasteiger charge is 2.32. The van der Waals surface area contributed by atoms with Crippen molar-refractivity contribution in [1.82, 2.24) is 4.90 Å². The Labute approximate surface area is 162 Å². The number of aliphatic imine (C=N–C) groups is 1. The third-order valence-electron chi connectivity index (χ3n) is 3.72. The second-order valence-electron chi connectivity index (χ2n) is 5.54. The molecule has 0 bridgehead atoms. The van der Waals surface area contributed by atoms with E-state index < -0.39 is 0 Å². The molecule has 2 aromatic carbocycles. The molecular weight excluding hydrogens is 368 g/mol. The minimum absolute atomic E-state index is 0.0352. The molecule has 0 N–H and O–H groups in total. The van der Waals surface area contributed by atoms with Crippen molar-refractivity contribution in [2.24, 2.45) is 4.99 Å². The molecule has 1 aliphatic heterocycles. The van der Waals surface area contributed by atoms with Crippen LogP contribution in [0.15, 0.2) is 58.4 Å². The van der Waals surface area contributed by atoms with Gasteiger partial charge in [-0.3, -0.25) is 9.69 Å². The van der Waals surface area contributed by atoms with E-state index in [-0.39, 0.29) is 5.91 Å². The lowest BCUT2D eigenvalue weighted by atomic mass is 10.2. The smallest absolute Gasteiger partial charge is 0.266 e. The molecule has 0 radical (unpaired) electrons. The molecule has 0 aliphatic carbocycles. The molecule has 2 aromatic rings. The van der Waals surface area contributed by atoms with E-state index in [4.69, 9.17) is 16.3 Å². The number of carbonyl (C=O) groups excluding carboxylic acids is 1. The average molecular weight is 387 g/mol. The van der Waals surface area contributed by atoms with Gasteiger partial charge in [0.1, 0.15) is 5.75 Å². The van der Waals surface area contributed by atoms with Crippen LogP contribution in [0.4, 0.5) is 5.69 Å². The fraction of sp³-hybridized carbons (Fsp3) is 0.200. The fourth-order valence-corrected chi connectivity index (χ4v) is 3.70. The van der Waals surface area contributed by atoms with E-state index in [1.807, 2.05) is 56.3 Å². The number of amides is 1. The first-order valence-corrected chi connectivity index (χ1v) is 9.58. The molecule has 134 valence electrons. The molecule has 6 heteroatoms.